The van der Waals surface area contributed by atoms with E-state index < -0.39 is 103 Å². The van der Waals surface area contributed by atoms with E-state index in [9.17, 15) is 30.0 Å². The minimum Gasteiger partial charge on any atom is -0.462 e. The van der Waals surface area contributed by atoms with Crippen molar-refractivity contribution in [3.63, 3.8) is 0 Å². The molecule has 0 aromatic carbocycles. The fraction of sp³-hybridized carbons (Fsp3) is 0.870. The molecule has 4 aliphatic rings. The molecule has 352 valence electrons. The predicted octanol–water partition coefficient (Wildman–Crippen LogP) is 3.97. The van der Waals surface area contributed by atoms with Crippen LogP contribution in [0.2, 0.25) is 0 Å². The lowest BCUT2D eigenvalue weighted by molar-refractivity contribution is -0.342. The summed E-state index contributed by atoms with van der Waals surface area (Å²) in [6, 6.07) is -0.421. The van der Waals surface area contributed by atoms with E-state index in [4.69, 9.17) is 33.2 Å². The molecule has 0 bridgehead atoms. The summed E-state index contributed by atoms with van der Waals surface area (Å²) in [4.78, 5) is 29.9. The minimum absolute atomic E-state index is 0.000458. The van der Waals surface area contributed by atoms with Gasteiger partial charge >= 0.3 is 5.97 Å². The standard InChI is InChI=1S/C46H80N2O13/c1-14-35-26(3)21-25(2)15-17-36(59-38-18-16-33(47(10)11)29(6)55-38)27(4)22-32(19-20-49)42(28(5)34(50)23-37(51)58-35)61-45-41(52)40(48(12)13)43(30(7)57-45)60-39-24-46(9,54)44(53)31(8)56-39/h15,17,20-21,26-36,38-45,50,52-54H,14,16,18-19,22-24H2,1-13H3/b17-15+,25-21+/t26-,27+,28-,29?,30?,31?,32-,33+,34+,35?,36-,38-,39-,40?,41?,42+,43-,44-,45-,46?/m0/s1. The van der Waals surface area contributed by atoms with Crippen LogP contribution >= 0.6 is 0 Å². The molecule has 20 atom stereocenters. The molecule has 4 aliphatic heterocycles. The molecule has 3 fully saturated rings. The molecule has 0 radical (unpaired) electrons. The molecule has 0 aliphatic carbocycles. The smallest absolute Gasteiger partial charge is 0.308 e. The van der Waals surface area contributed by atoms with Gasteiger partial charge in [-0.15, -0.1) is 0 Å². The fourth-order valence-electron chi connectivity index (χ4n) is 9.85. The highest BCUT2D eigenvalue weighted by molar-refractivity contribution is 5.70. The van der Waals surface area contributed by atoms with Crippen LogP contribution in [0.1, 0.15) is 107 Å². The second kappa shape index (κ2) is 22.9. The van der Waals surface area contributed by atoms with Crippen LogP contribution in [0.4, 0.5) is 0 Å². The number of rotatable bonds is 11. The van der Waals surface area contributed by atoms with Crippen LogP contribution in [0.25, 0.3) is 0 Å². The van der Waals surface area contributed by atoms with Gasteiger partial charge in [-0.25, -0.2) is 0 Å². The zero-order valence-electron chi connectivity index (χ0n) is 39.1. The van der Waals surface area contributed by atoms with Gasteiger partial charge in [-0.05, 0) is 100 Å². The Balaban J connectivity index is 1.69. The third-order valence-corrected chi connectivity index (χ3v) is 13.5. The number of aliphatic hydroxyl groups is 4. The van der Waals surface area contributed by atoms with Crippen molar-refractivity contribution in [1.82, 2.24) is 9.80 Å². The Morgan fingerprint density at radius 2 is 1.56 bits per heavy atom. The molecule has 15 heteroatoms. The predicted molar refractivity (Wildman–Crippen MR) is 229 cm³/mol. The van der Waals surface area contributed by atoms with Crippen molar-refractivity contribution in [2.24, 2.45) is 23.7 Å². The number of aldehydes is 1. The summed E-state index contributed by atoms with van der Waals surface area (Å²) in [5, 5.41) is 45.3. The molecule has 15 nitrogen and oxygen atoms in total. The van der Waals surface area contributed by atoms with Gasteiger partial charge in [0.05, 0.1) is 54.7 Å². The van der Waals surface area contributed by atoms with Gasteiger partial charge in [-0.2, -0.15) is 0 Å². The molecule has 7 unspecified atom stereocenters. The maximum atomic E-state index is 13.4. The van der Waals surface area contributed by atoms with E-state index in [2.05, 4.69) is 38.9 Å². The number of ether oxygens (including phenoxy) is 7. The van der Waals surface area contributed by atoms with Gasteiger partial charge in [-0.3, -0.25) is 4.79 Å². The second-order valence-electron chi connectivity index (χ2n) is 19.2. The Labute approximate surface area is 365 Å². The van der Waals surface area contributed by atoms with Crippen LogP contribution in [0, 0.1) is 23.7 Å². The highest BCUT2D eigenvalue weighted by atomic mass is 16.7. The summed E-state index contributed by atoms with van der Waals surface area (Å²) >= 11 is 0. The second-order valence-corrected chi connectivity index (χ2v) is 19.2. The summed E-state index contributed by atoms with van der Waals surface area (Å²) in [5.41, 5.74) is -0.484. The molecule has 0 saturated carbocycles. The lowest BCUT2D eigenvalue weighted by Crippen LogP contribution is -2.65. The molecular formula is C46H80N2O13. The van der Waals surface area contributed by atoms with Crippen LogP contribution in [0.5, 0.6) is 0 Å². The van der Waals surface area contributed by atoms with Gasteiger partial charge in [0.15, 0.2) is 18.9 Å². The number of nitrogens with zero attached hydrogens (tertiary/aromatic N) is 2. The van der Waals surface area contributed by atoms with Gasteiger partial charge in [-0.1, -0.05) is 51.5 Å². The maximum absolute atomic E-state index is 13.4. The first kappa shape index (κ1) is 51.8. The first-order valence-corrected chi connectivity index (χ1v) is 22.6. The van der Waals surface area contributed by atoms with Crippen molar-refractivity contribution in [2.75, 3.05) is 28.2 Å². The first-order chi connectivity index (χ1) is 28.6. The Morgan fingerprint density at radius 1 is 0.885 bits per heavy atom. The average molecular weight is 869 g/mol. The van der Waals surface area contributed by atoms with Crippen molar-refractivity contribution < 1.29 is 63.2 Å². The fourth-order valence-corrected chi connectivity index (χ4v) is 9.85. The molecule has 3 saturated heterocycles. The van der Waals surface area contributed by atoms with Gasteiger partial charge < -0.3 is 68.2 Å². The Hall–Kier alpha value is -1.86. The third-order valence-electron chi connectivity index (χ3n) is 13.5. The Bertz CT molecular complexity index is 1440. The number of hydrogen-bond donors (Lipinski definition) is 4. The topological polar surface area (TPSA) is 186 Å². The molecule has 0 spiro atoms. The molecule has 0 aromatic heterocycles. The molecule has 0 amide bonds. The number of carbonyl (C=O) groups is 2. The van der Waals surface area contributed by atoms with E-state index in [0.29, 0.717) is 19.3 Å². The highest BCUT2D eigenvalue weighted by Gasteiger charge is 2.51. The van der Waals surface area contributed by atoms with E-state index in [1.807, 2.05) is 37.8 Å². The van der Waals surface area contributed by atoms with Crippen LogP contribution in [-0.2, 0) is 42.7 Å². The summed E-state index contributed by atoms with van der Waals surface area (Å²) in [7, 11) is 7.71. The lowest BCUT2D eigenvalue weighted by atomic mass is 9.79. The van der Waals surface area contributed by atoms with E-state index >= 15 is 0 Å². The van der Waals surface area contributed by atoms with Crippen molar-refractivity contribution in [2.45, 2.75) is 205 Å². The van der Waals surface area contributed by atoms with E-state index in [1.165, 1.54) is 6.92 Å². The minimum atomic E-state index is -1.46. The van der Waals surface area contributed by atoms with Gasteiger partial charge in [0, 0.05) is 30.7 Å². The number of esters is 1. The van der Waals surface area contributed by atoms with Crippen molar-refractivity contribution >= 4 is 12.3 Å². The summed E-state index contributed by atoms with van der Waals surface area (Å²) in [6.45, 7) is 16.9. The third kappa shape index (κ3) is 13.6. The van der Waals surface area contributed by atoms with Crippen molar-refractivity contribution in [3.8, 4) is 0 Å². The summed E-state index contributed by atoms with van der Waals surface area (Å²) < 4.78 is 44.8. The van der Waals surface area contributed by atoms with Crippen LogP contribution in [0.15, 0.2) is 23.8 Å². The number of likely N-dealkylation sites (N-methyl/N-ethyl adjacent to an activating group) is 2. The van der Waals surface area contributed by atoms with Crippen molar-refractivity contribution in [1.29, 1.82) is 0 Å². The number of aliphatic hydroxyl groups excluding tert-OH is 3. The van der Waals surface area contributed by atoms with Crippen LogP contribution < -0.4 is 0 Å². The zero-order valence-corrected chi connectivity index (χ0v) is 39.1. The number of cyclic esters (lactones) is 1. The molecule has 61 heavy (non-hydrogen) atoms. The Kier molecular flexibility index (Phi) is 19.4. The maximum Gasteiger partial charge on any atom is 0.308 e. The summed E-state index contributed by atoms with van der Waals surface area (Å²) in [6.07, 6.45) is -0.704. The van der Waals surface area contributed by atoms with Gasteiger partial charge in [0.1, 0.15) is 30.7 Å². The van der Waals surface area contributed by atoms with E-state index in [-0.39, 0.29) is 43.2 Å². The molecule has 4 N–H and O–H groups in total. The van der Waals surface area contributed by atoms with Gasteiger partial charge in [0.2, 0.25) is 0 Å². The number of hydrogen-bond acceptors (Lipinski definition) is 15. The largest absolute Gasteiger partial charge is 0.462 e. The zero-order chi connectivity index (χ0) is 45.5. The van der Waals surface area contributed by atoms with Crippen LogP contribution in [-0.4, -0.2) is 168 Å². The van der Waals surface area contributed by atoms with E-state index in [1.54, 1.807) is 34.9 Å². The first-order valence-electron chi connectivity index (χ1n) is 22.6. The molecule has 0 aromatic rings. The quantitative estimate of drug-likeness (QED) is 0.173. The molecule has 4 rings (SSSR count). The number of carbonyl (C=O) groups excluding carboxylic acids is 2. The van der Waals surface area contributed by atoms with Crippen molar-refractivity contribution in [3.05, 3.63) is 23.8 Å². The SMILES string of the molecule is CCC1OC(=O)C[C@@H](O)[C@H](C)[C@@H](O[C@@H]2OC(C)[C@H](O[C@H]3CC(C)(O)[C@@H](O)C(C)O3)C(N(C)C)C2O)[C@@H](CC=O)C[C@@H](C)[C@@H](O[C@H]2CC[C@@H](N(C)C)C(C)O2)/C=C/C(C)=C/[C@@H]1C. The van der Waals surface area contributed by atoms with E-state index in [0.717, 1.165) is 18.3 Å². The lowest BCUT2D eigenvalue weighted by Gasteiger charge is -2.50. The normalized spacial score (nSPS) is 46.4. The van der Waals surface area contributed by atoms with Gasteiger partial charge in [0.25, 0.3) is 0 Å². The molecular weight excluding hydrogens is 789 g/mol. The summed E-state index contributed by atoms with van der Waals surface area (Å²) in [5.74, 6) is -2.05. The number of allylic oxidation sites excluding steroid dienone is 2. The van der Waals surface area contributed by atoms with Crippen LogP contribution in [0.3, 0.4) is 0 Å². The average Bonchev–Trinajstić information content (AvgIpc) is 3.17. The molecule has 4 heterocycles. The monoisotopic (exact) mass is 869 g/mol. The Morgan fingerprint density at radius 3 is 2.15 bits per heavy atom. The highest BCUT2D eigenvalue weighted by Crippen LogP contribution is 2.38.